The average molecular weight is 419 g/mol. The average Bonchev–Trinajstić information content (AvgIpc) is 3.22. The fourth-order valence-corrected chi connectivity index (χ4v) is 7.70. The summed E-state index contributed by atoms with van der Waals surface area (Å²) in [6.07, 6.45) is 1.87. The molecule has 3 heterocycles. The number of nitrogens with zero attached hydrogens (tertiary/aromatic N) is 1. The summed E-state index contributed by atoms with van der Waals surface area (Å²) in [5.74, 6) is 2.56. The van der Waals surface area contributed by atoms with E-state index in [0.29, 0.717) is 22.5 Å². The van der Waals surface area contributed by atoms with Crippen LogP contribution in [-0.4, -0.2) is 53.5 Å². The van der Waals surface area contributed by atoms with E-state index in [4.69, 9.17) is 0 Å². The van der Waals surface area contributed by atoms with Crippen molar-refractivity contribution in [2.75, 3.05) is 31.2 Å². The zero-order valence-electron chi connectivity index (χ0n) is 16.6. The second-order valence-corrected chi connectivity index (χ2v) is 10.6. The molecule has 5 unspecified atom stereocenters. The maximum atomic E-state index is 12.7. The molecule has 7 heteroatoms. The molecule has 1 aromatic rings. The number of hydrogen-bond acceptors (Lipinski definition) is 6. The summed E-state index contributed by atoms with van der Waals surface area (Å²) in [6, 6.07) is 8.07. The third-order valence-electron chi connectivity index (χ3n) is 5.89. The van der Waals surface area contributed by atoms with Gasteiger partial charge in [0.25, 0.3) is 0 Å². The number of thioether (sulfide) groups is 2. The van der Waals surface area contributed by atoms with Gasteiger partial charge in [0, 0.05) is 30.3 Å². The minimum absolute atomic E-state index is 0.0482. The van der Waals surface area contributed by atoms with Crippen LogP contribution in [0.5, 0.6) is 0 Å². The third-order valence-corrected chi connectivity index (χ3v) is 8.84. The van der Waals surface area contributed by atoms with Crippen LogP contribution in [0.4, 0.5) is 5.69 Å². The number of amides is 1. The van der Waals surface area contributed by atoms with Crippen LogP contribution in [0.3, 0.4) is 0 Å². The summed E-state index contributed by atoms with van der Waals surface area (Å²) in [4.78, 5) is 13.9. The van der Waals surface area contributed by atoms with Gasteiger partial charge in [-0.05, 0) is 42.6 Å². The number of hydrazine groups is 1. The SMILES string of the molecule is C=C1CNC2SCC(C)C2C(Sc2ccccc2NC(=O)C2CCN(C)N2)C1. The highest BCUT2D eigenvalue weighted by Gasteiger charge is 2.41. The molecular formula is C21H30N4OS2. The zero-order valence-corrected chi connectivity index (χ0v) is 18.2. The highest BCUT2D eigenvalue weighted by Crippen LogP contribution is 2.47. The van der Waals surface area contributed by atoms with Gasteiger partial charge in [-0.3, -0.25) is 4.79 Å². The first-order valence-electron chi connectivity index (χ1n) is 10.1. The highest BCUT2D eigenvalue weighted by molar-refractivity contribution is 8.01. The topological polar surface area (TPSA) is 56.4 Å². The van der Waals surface area contributed by atoms with Crippen LogP contribution in [0.1, 0.15) is 19.8 Å². The molecule has 5 atom stereocenters. The monoisotopic (exact) mass is 418 g/mol. The summed E-state index contributed by atoms with van der Waals surface area (Å²) in [7, 11) is 1.97. The van der Waals surface area contributed by atoms with Gasteiger partial charge in [-0.15, -0.1) is 23.5 Å². The molecule has 0 radical (unpaired) electrons. The lowest BCUT2D eigenvalue weighted by molar-refractivity contribution is -0.118. The van der Waals surface area contributed by atoms with Crippen LogP contribution >= 0.6 is 23.5 Å². The van der Waals surface area contributed by atoms with Crippen molar-refractivity contribution in [3.05, 3.63) is 36.4 Å². The number of carbonyl (C=O) groups excluding carboxylic acids is 1. The quantitative estimate of drug-likeness (QED) is 0.653. The molecule has 4 rings (SSSR count). The van der Waals surface area contributed by atoms with Crippen LogP contribution < -0.4 is 16.1 Å². The number of para-hydroxylation sites is 1. The Bertz CT molecular complexity index is 743. The van der Waals surface area contributed by atoms with E-state index < -0.39 is 0 Å². The van der Waals surface area contributed by atoms with E-state index in [0.717, 1.165) is 36.5 Å². The van der Waals surface area contributed by atoms with Gasteiger partial charge in [-0.25, -0.2) is 10.4 Å². The maximum Gasteiger partial charge on any atom is 0.242 e. The van der Waals surface area contributed by atoms with Gasteiger partial charge in [0.2, 0.25) is 5.91 Å². The predicted octanol–water partition coefficient (Wildman–Crippen LogP) is 3.17. The standard InChI is InChI=1S/C21H30N4OS2/c1-13-10-18(19-14(2)12-27-21(19)22-11-13)28-17-7-5-4-6-15(17)23-20(26)16-8-9-25(3)24-16/h4-7,14,16,18-19,21-22,24H,1,8-12H2,2-3H3,(H,23,26). The maximum absolute atomic E-state index is 12.7. The van der Waals surface area contributed by atoms with Gasteiger partial charge in [-0.1, -0.05) is 31.2 Å². The molecule has 1 amide bonds. The molecule has 3 aliphatic rings. The van der Waals surface area contributed by atoms with E-state index in [1.54, 1.807) is 0 Å². The van der Waals surface area contributed by atoms with E-state index in [9.17, 15) is 4.79 Å². The van der Waals surface area contributed by atoms with E-state index >= 15 is 0 Å². The number of benzene rings is 1. The van der Waals surface area contributed by atoms with Crippen molar-refractivity contribution in [2.45, 2.75) is 41.3 Å². The van der Waals surface area contributed by atoms with Gasteiger partial charge >= 0.3 is 0 Å². The van der Waals surface area contributed by atoms with Crippen LogP contribution in [0, 0.1) is 11.8 Å². The molecule has 0 aromatic heterocycles. The van der Waals surface area contributed by atoms with E-state index in [-0.39, 0.29) is 11.9 Å². The van der Waals surface area contributed by atoms with Gasteiger partial charge < -0.3 is 10.6 Å². The fourth-order valence-electron chi connectivity index (χ4n) is 4.35. The fraction of sp³-hybridized carbons (Fsp3) is 0.571. The predicted molar refractivity (Wildman–Crippen MR) is 120 cm³/mol. The molecule has 1 aromatic carbocycles. The minimum atomic E-state index is -0.152. The first kappa shape index (κ1) is 20.3. The Morgan fingerprint density at radius 2 is 2.21 bits per heavy atom. The Balaban J connectivity index is 1.51. The summed E-state index contributed by atoms with van der Waals surface area (Å²) >= 11 is 3.96. The van der Waals surface area contributed by atoms with Crippen molar-refractivity contribution in [2.24, 2.45) is 11.8 Å². The molecule has 0 aliphatic carbocycles. The number of rotatable bonds is 4. The van der Waals surface area contributed by atoms with Gasteiger partial charge in [0.05, 0.1) is 11.1 Å². The molecular weight excluding hydrogens is 388 g/mol. The van der Waals surface area contributed by atoms with E-state index in [2.05, 4.69) is 41.7 Å². The Morgan fingerprint density at radius 3 is 3.00 bits per heavy atom. The number of hydrogen-bond donors (Lipinski definition) is 3. The van der Waals surface area contributed by atoms with Crippen molar-refractivity contribution in [1.82, 2.24) is 15.8 Å². The Morgan fingerprint density at radius 1 is 1.39 bits per heavy atom. The summed E-state index contributed by atoms with van der Waals surface area (Å²) in [5.41, 5.74) is 5.42. The second-order valence-electron chi connectivity index (χ2n) is 8.18. The van der Waals surface area contributed by atoms with Crippen LogP contribution in [0.2, 0.25) is 0 Å². The smallest absolute Gasteiger partial charge is 0.242 e. The first-order valence-corrected chi connectivity index (χ1v) is 12.0. The van der Waals surface area contributed by atoms with E-state index in [1.165, 1.54) is 11.3 Å². The van der Waals surface area contributed by atoms with Crippen molar-refractivity contribution in [3.8, 4) is 0 Å². The number of fused-ring (bicyclic) bond motifs is 1. The summed E-state index contributed by atoms with van der Waals surface area (Å²) in [5, 5.41) is 9.83. The first-order chi connectivity index (χ1) is 13.5. The lowest BCUT2D eigenvalue weighted by Crippen LogP contribution is -2.40. The Kier molecular flexibility index (Phi) is 6.37. The summed E-state index contributed by atoms with van der Waals surface area (Å²) in [6.45, 7) is 8.46. The molecule has 0 saturated carbocycles. The second kappa shape index (κ2) is 8.79. The number of carbonyl (C=O) groups is 1. The number of anilines is 1. The molecule has 3 fully saturated rings. The number of nitrogens with one attached hydrogen (secondary N) is 3. The normalized spacial score (nSPS) is 33.5. The van der Waals surface area contributed by atoms with Crippen molar-refractivity contribution in [3.63, 3.8) is 0 Å². The largest absolute Gasteiger partial charge is 0.324 e. The van der Waals surface area contributed by atoms with Crippen molar-refractivity contribution < 1.29 is 4.79 Å². The molecule has 5 nitrogen and oxygen atoms in total. The highest BCUT2D eigenvalue weighted by atomic mass is 32.2. The van der Waals surface area contributed by atoms with Crippen LogP contribution in [0.25, 0.3) is 0 Å². The third kappa shape index (κ3) is 4.44. The molecule has 0 bridgehead atoms. The lowest BCUT2D eigenvalue weighted by atomic mass is 9.90. The van der Waals surface area contributed by atoms with Crippen LogP contribution in [0.15, 0.2) is 41.3 Å². The van der Waals surface area contributed by atoms with Crippen molar-refractivity contribution >= 4 is 35.1 Å². The van der Waals surface area contributed by atoms with E-state index in [1.807, 2.05) is 47.7 Å². The van der Waals surface area contributed by atoms with Gasteiger partial charge in [0.15, 0.2) is 0 Å². The van der Waals surface area contributed by atoms with Crippen LogP contribution in [-0.2, 0) is 4.79 Å². The Labute approximate surface area is 176 Å². The molecule has 152 valence electrons. The molecule has 3 saturated heterocycles. The Hall–Kier alpha value is -0.990. The minimum Gasteiger partial charge on any atom is -0.324 e. The molecule has 3 N–H and O–H groups in total. The molecule has 0 spiro atoms. The van der Waals surface area contributed by atoms with Crippen molar-refractivity contribution in [1.29, 1.82) is 0 Å². The molecule has 3 aliphatic heterocycles. The summed E-state index contributed by atoms with van der Waals surface area (Å²) < 4.78 is 0. The lowest BCUT2D eigenvalue weighted by Gasteiger charge is -2.28. The molecule has 28 heavy (non-hydrogen) atoms. The van der Waals surface area contributed by atoms with Gasteiger partial charge in [0.1, 0.15) is 6.04 Å². The van der Waals surface area contributed by atoms with Gasteiger partial charge in [-0.2, -0.15) is 0 Å². The zero-order chi connectivity index (χ0) is 19.7.